The number of benzene rings is 6. The Hall–Kier alpha value is -4.92. The molecule has 0 radical (unpaired) electrons. The van der Waals surface area contributed by atoms with Crippen LogP contribution >= 0.6 is 11.3 Å². The van der Waals surface area contributed by atoms with E-state index in [1.54, 1.807) is 0 Å². The highest BCUT2D eigenvalue weighted by molar-refractivity contribution is 7.18. The summed E-state index contributed by atoms with van der Waals surface area (Å²) in [6, 6.07) is 52.4. The maximum atomic E-state index is 6.44. The van der Waals surface area contributed by atoms with E-state index in [9.17, 15) is 0 Å². The second kappa shape index (κ2) is 10.1. The molecule has 206 valence electrons. The van der Waals surface area contributed by atoms with E-state index in [1.807, 2.05) is 17.4 Å². The molecule has 0 saturated carbocycles. The average Bonchev–Trinajstić information content (AvgIpc) is 3.55. The maximum Gasteiger partial charge on any atom is 0.132 e. The molecule has 7 aromatic rings. The van der Waals surface area contributed by atoms with Gasteiger partial charge in [0, 0.05) is 26.3 Å². The van der Waals surface area contributed by atoms with Gasteiger partial charge in [0.05, 0.1) is 0 Å². The zero-order valence-electron chi connectivity index (χ0n) is 24.2. The van der Waals surface area contributed by atoms with Crippen LogP contribution in [-0.2, 0) is 5.41 Å². The van der Waals surface area contributed by atoms with Crippen LogP contribution in [0, 0.1) is 0 Å². The molecule has 8 rings (SSSR count). The molecule has 0 atom stereocenters. The Labute approximate surface area is 256 Å². The number of thiophene rings is 1. The van der Waals surface area contributed by atoms with E-state index in [4.69, 9.17) is 4.74 Å². The molecule has 1 aliphatic rings. The summed E-state index contributed by atoms with van der Waals surface area (Å²) in [7, 11) is 0. The van der Waals surface area contributed by atoms with Crippen molar-refractivity contribution in [1.82, 2.24) is 0 Å². The molecule has 43 heavy (non-hydrogen) atoms. The lowest BCUT2D eigenvalue weighted by Crippen LogP contribution is -2.24. The topological polar surface area (TPSA) is 9.23 Å². The molecule has 1 nitrogen and oxygen atoms in total. The molecule has 0 unspecified atom stereocenters. The van der Waals surface area contributed by atoms with Crippen LogP contribution in [0.1, 0.15) is 25.0 Å². The molecule has 0 spiro atoms. The molecule has 0 fully saturated rings. The molecule has 0 amide bonds. The molecule has 6 aromatic carbocycles. The second-order valence-corrected chi connectivity index (χ2v) is 12.8. The standard InChI is InChI=1S/C41H30OS/c1-41(2)34-20-8-9-21-36(34)42-37-26-29(22-23-35(37)41)38-24-25-39(43-38)32-17-7-6-16-31(32)33-19-11-15-28-14-10-18-30(40(28)33)27-12-4-3-5-13-27/h3-26H,1-2H3. The molecule has 1 aliphatic heterocycles. The van der Waals surface area contributed by atoms with Crippen LogP contribution in [0.4, 0.5) is 0 Å². The van der Waals surface area contributed by atoms with Gasteiger partial charge in [-0.2, -0.15) is 0 Å². The minimum Gasteiger partial charge on any atom is -0.457 e. The van der Waals surface area contributed by atoms with Crippen LogP contribution < -0.4 is 4.74 Å². The van der Waals surface area contributed by atoms with Gasteiger partial charge in [0.2, 0.25) is 0 Å². The lowest BCUT2D eigenvalue weighted by molar-refractivity contribution is 0.418. The van der Waals surface area contributed by atoms with Gasteiger partial charge in [-0.3, -0.25) is 0 Å². The predicted molar refractivity (Wildman–Crippen MR) is 182 cm³/mol. The largest absolute Gasteiger partial charge is 0.457 e. The molecule has 1 aromatic heterocycles. The quantitative estimate of drug-likeness (QED) is 0.204. The number of fused-ring (bicyclic) bond motifs is 3. The van der Waals surface area contributed by atoms with Crippen LogP contribution in [-0.4, -0.2) is 0 Å². The summed E-state index contributed by atoms with van der Waals surface area (Å²) in [5, 5.41) is 2.54. The molecule has 0 N–H and O–H groups in total. The number of para-hydroxylation sites is 1. The van der Waals surface area contributed by atoms with Crippen molar-refractivity contribution in [3.63, 3.8) is 0 Å². The van der Waals surface area contributed by atoms with Gasteiger partial charge in [0.1, 0.15) is 11.5 Å². The summed E-state index contributed by atoms with van der Waals surface area (Å²) < 4.78 is 6.44. The van der Waals surface area contributed by atoms with E-state index < -0.39 is 0 Å². The smallest absolute Gasteiger partial charge is 0.132 e. The first kappa shape index (κ1) is 25.8. The summed E-state index contributed by atoms with van der Waals surface area (Å²) in [5.74, 6) is 1.89. The summed E-state index contributed by atoms with van der Waals surface area (Å²) in [6.07, 6.45) is 0. The zero-order chi connectivity index (χ0) is 29.0. The Morgan fingerprint density at radius 1 is 0.465 bits per heavy atom. The van der Waals surface area contributed by atoms with Crippen LogP contribution in [0.3, 0.4) is 0 Å². The number of rotatable bonds is 4. The molecule has 2 heteroatoms. The summed E-state index contributed by atoms with van der Waals surface area (Å²) in [5.41, 5.74) is 9.77. The first-order valence-electron chi connectivity index (χ1n) is 14.8. The van der Waals surface area contributed by atoms with Crippen molar-refractivity contribution in [2.75, 3.05) is 0 Å². The van der Waals surface area contributed by atoms with E-state index in [0.717, 1.165) is 11.5 Å². The zero-order valence-corrected chi connectivity index (χ0v) is 25.0. The van der Waals surface area contributed by atoms with Crippen molar-refractivity contribution >= 4 is 22.1 Å². The van der Waals surface area contributed by atoms with Gasteiger partial charge in [0.25, 0.3) is 0 Å². The van der Waals surface area contributed by atoms with E-state index in [1.165, 1.54) is 65.0 Å². The fourth-order valence-corrected chi connectivity index (χ4v) is 7.65. The first-order valence-corrected chi connectivity index (χ1v) is 15.6. The van der Waals surface area contributed by atoms with E-state index in [2.05, 4.69) is 153 Å². The first-order chi connectivity index (χ1) is 21.1. The van der Waals surface area contributed by atoms with Crippen molar-refractivity contribution in [3.8, 4) is 54.6 Å². The lowest BCUT2D eigenvalue weighted by atomic mass is 9.75. The molecule has 0 saturated heterocycles. The fraction of sp³-hybridized carbons (Fsp3) is 0.0732. The third-order valence-electron chi connectivity index (χ3n) is 8.80. The second-order valence-electron chi connectivity index (χ2n) is 11.7. The number of ether oxygens (including phenoxy) is 1. The SMILES string of the molecule is CC1(C)c2ccccc2Oc2cc(-c3ccc(-c4ccccc4-c4cccc5cccc(-c6ccccc6)c45)s3)ccc21. The Balaban J connectivity index is 1.22. The Kier molecular flexibility index (Phi) is 6.06. The van der Waals surface area contributed by atoms with Gasteiger partial charge in [-0.1, -0.05) is 135 Å². The van der Waals surface area contributed by atoms with E-state index in [0.29, 0.717) is 0 Å². The summed E-state index contributed by atoms with van der Waals surface area (Å²) >= 11 is 1.83. The number of hydrogen-bond acceptors (Lipinski definition) is 2. The van der Waals surface area contributed by atoms with Gasteiger partial charge >= 0.3 is 0 Å². The molecular formula is C41H30OS. The normalized spacial score (nSPS) is 13.3. The van der Waals surface area contributed by atoms with Crippen molar-refractivity contribution in [1.29, 1.82) is 0 Å². The van der Waals surface area contributed by atoms with Gasteiger partial charge < -0.3 is 4.74 Å². The van der Waals surface area contributed by atoms with Gasteiger partial charge in [0.15, 0.2) is 0 Å². The van der Waals surface area contributed by atoms with Crippen LogP contribution in [0.25, 0.3) is 53.9 Å². The number of hydrogen-bond donors (Lipinski definition) is 0. The fourth-order valence-electron chi connectivity index (χ4n) is 6.61. The van der Waals surface area contributed by atoms with Crippen LogP contribution in [0.5, 0.6) is 11.5 Å². The highest BCUT2D eigenvalue weighted by Crippen LogP contribution is 2.49. The van der Waals surface area contributed by atoms with Crippen molar-refractivity contribution < 1.29 is 4.74 Å². The monoisotopic (exact) mass is 570 g/mol. The summed E-state index contributed by atoms with van der Waals surface area (Å²) in [6.45, 7) is 4.56. The molecular weight excluding hydrogens is 541 g/mol. The Bertz CT molecular complexity index is 2130. The highest BCUT2D eigenvalue weighted by Gasteiger charge is 2.34. The van der Waals surface area contributed by atoms with Crippen molar-refractivity contribution in [2.24, 2.45) is 0 Å². The average molecular weight is 571 g/mol. The lowest BCUT2D eigenvalue weighted by Gasteiger charge is -2.34. The van der Waals surface area contributed by atoms with Gasteiger partial charge in [-0.05, 0) is 68.4 Å². The molecule has 2 heterocycles. The highest BCUT2D eigenvalue weighted by atomic mass is 32.1. The van der Waals surface area contributed by atoms with Crippen molar-refractivity contribution in [2.45, 2.75) is 19.3 Å². The third kappa shape index (κ3) is 4.29. The molecule has 0 bridgehead atoms. The minimum absolute atomic E-state index is 0.112. The predicted octanol–water partition coefficient (Wildman–Crippen LogP) is 12.0. The molecule has 0 aliphatic carbocycles. The van der Waals surface area contributed by atoms with Gasteiger partial charge in [-0.15, -0.1) is 11.3 Å². The van der Waals surface area contributed by atoms with Crippen molar-refractivity contribution in [3.05, 3.63) is 157 Å². The van der Waals surface area contributed by atoms with Crippen LogP contribution in [0.15, 0.2) is 146 Å². The van der Waals surface area contributed by atoms with E-state index in [-0.39, 0.29) is 5.41 Å². The minimum atomic E-state index is -0.112. The van der Waals surface area contributed by atoms with Gasteiger partial charge in [-0.25, -0.2) is 0 Å². The Morgan fingerprint density at radius 2 is 1.12 bits per heavy atom. The Morgan fingerprint density at radius 3 is 1.95 bits per heavy atom. The van der Waals surface area contributed by atoms with E-state index >= 15 is 0 Å². The maximum absolute atomic E-state index is 6.44. The van der Waals surface area contributed by atoms with Crippen LogP contribution in [0.2, 0.25) is 0 Å². The summed E-state index contributed by atoms with van der Waals surface area (Å²) in [4.78, 5) is 2.49. The third-order valence-corrected chi connectivity index (χ3v) is 9.97.